The lowest BCUT2D eigenvalue weighted by molar-refractivity contribution is 0.768. The second kappa shape index (κ2) is 3.01. The van der Waals surface area contributed by atoms with Crippen molar-refractivity contribution < 1.29 is 0 Å². The van der Waals surface area contributed by atoms with Gasteiger partial charge in [-0.25, -0.2) is 0 Å². The van der Waals surface area contributed by atoms with Gasteiger partial charge in [0.2, 0.25) is 0 Å². The van der Waals surface area contributed by atoms with Crippen molar-refractivity contribution in [2.45, 2.75) is 0 Å². The third-order valence-electron chi connectivity index (χ3n) is 1.79. The fourth-order valence-electron chi connectivity index (χ4n) is 1.13. The molecule has 3 nitrogen and oxygen atoms in total. The van der Waals surface area contributed by atoms with Gasteiger partial charge in [-0.15, -0.1) is 0 Å². The van der Waals surface area contributed by atoms with Crippen LogP contribution in [0.4, 0.5) is 0 Å². The molecule has 0 aliphatic carbocycles. The van der Waals surface area contributed by atoms with Gasteiger partial charge in [0.25, 0.3) is 0 Å². The van der Waals surface area contributed by atoms with E-state index in [1.807, 2.05) is 25.4 Å². The molecule has 0 bridgehead atoms. The van der Waals surface area contributed by atoms with Gasteiger partial charge >= 0.3 is 0 Å². The van der Waals surface area contributed by atoms with Gasteiger partial charge in [-0.3, -0.25) is 9.67 Å². The van der Waals surface area contributed by atoms with Gasteiger partial charge in [0, 0.05) is 31.9 Å². The van der Waals surface area contributed by atoms with Crippen molar-refractivity contribution in [1.29, 1.82) is 0 Å². The van der Waals surface area contributed by atoms with Crippen LogP contribution in [-0.4, -0.2) is 14.8 Å². The molecule has 0 N–H and O–H groups in total. The molecule has 2 heterocycles. The largest absolute Gasteiger partial charge is 0.275 e. The second-order valence-electron chi connectivity index (χ2n) is 2.88. The Morgan fingerprint density at radius 2 is 2.15 bits per heavy atom. The van der Waals surface area contributed by atoms with Crippen molar-refractivity contribution >= 4 is 0 Å². The average molecular weight is 171 g/mol. The van der Waals surface area contributed by atoms with E-state index in [2.05, 4.69) is 10.1 Å². The lowest BCUT2D eigenvalue weighted by atomic mass is 10.2. The predicted octanol–water partition coefficient (Wildman–Crippen LogP) is 1.54. The van der Waals surface area contributed by atoms with Crippen LogP contribution >= 0.6 is 0 Å². The van der Waals surface area contributed by atoms with Crippen LogP contribution in [0.5, 0.6) is 0 Å². The molecule has 0 aliphatic rings. The SMILES string of the molecule is [CH]c1ccc(-c2cnn(C)c2)nc1. The Morgan fingerprint density at radius 1 is 1.31 bits per heavy atom. The molecule has 0 saturated heterocycles. The zero-order chi connectivity index (χ0) is 9.26. The third-order valence-corrected chi connectivity index (χ3v) is 1.79. The summed E-state index contributed by atoms with van der Waals surface area (Å²) in [6.45, 7) is 5.53. The van der Waals surface area contributed by atoms with E-state index in [0.717, 1.165) is 11.3 Å². The molecule has 2 radical (unpaired) electrons. The third kappa shape index (κ3) is 1.59. The van der Waals surface area contributed by atoms with Crippen molar-refractivity contribution in [3.8, 4) is 11.3 Å². The number of aryl methyl sites for hydroxylation is 1. The van der Waals surface area contributed by atoms with Crippen LogP contribution in [0.2, 0.25) is 0 Å². The number of hydrogen-bond acceptors (Lipinski definition) is 2. The van der Waals surface area contributed by atoms with Crippen LogP contribution < -0.4 is 0 Å². The van der Waals surface area contributed by atoms with Crippen molar-refractivity contribution in [2.75, 3.05) is 0 Å². The van der Waals surface area contributed by atoms with Gasteiger partial charge in [-0.2, -0.15) is 5.10 Å². The van der Waals surface area contributed by atoms with E-state index >= 15 is 0 Å². The zero-order valence-electron chi connectivity index (χ0n) is 7.31. The Bertz CT molecular complexity index is 400. The maximum Gasteiger partial charge on any atom is 0.0733 e. The van der Waals surface area contributed by atoms with E-state index in [1.54, 1.807) is 17.1 Å². The lowest BCUT2D eigenvalue weighted by Gasteiger charge is -1.95. The van der Waals surface area contributed by atoms with Crippen molar-refractivity contribution in [3.05, 3.63) is 43.2 Å². The smallest absolute Gasteiger partial charge is 0.0733 e. The summed E-state index contributed by atoms with van der Waals surface area (Å²) in [6.07, 6.45) is 5.33. The molecule has 0 fully saturated rings. The summed E-state index contributed by atoms with van der Waals surface area (Å²) in [5, 5.41) is 4.06. The Balaban J connectivity index is 2.41. The average Bonchev–Trinajstić information content (AvgIpc) is 2.53. The molecule has 0 aromatic carbocycles. The van der Waals surface area contributed by atoms with Crippen LogP contribution in [0.15, 0.2) is 30.7 Å². The molecule has 2 rings (SSSR count). The Labute approximate surface area is 77.0 Å². The first kappa shape index (κ1) is 7.98. The van der Waals surface area contributed by atoms with Crippen molar-refractivity contribution in [3.63, 3.8) is 0 Å². The van der Waals surface area contributed by atoms with Gasteiger partial charge in [0.05, 0.1) is 11.9 Å². The molecule has 64 valence electrons. The topological polar surface area (TPSA) is 30.7 Å². The minimum Gasteiger partial charge on any atom is -0.275 e. The quantitative estimate of drug-likeness (QED) is 0.651. The molecule has 0 spiro atoms. The van der Waals surface area contributed by atoms with Gasteiger partial charge in [0.1, 0.15) is 0 Å². The highest BCUT2D eigenvalue weighted by molar-refractivity contribution is 5.56. The number of hydrogen-bond donors (Lipinski definition) is 0. The fourth-order valence-corrected chi connectivity index (χ4v) is 1.13. The molecule has 3 heteroatoms. The predicted molar refractivity (Wildman–Crippen MR) is 49.8 cm³/mol. The highest BCUT2D eigenvalue weighted by Crippen LogP contribution is 2.14. The first-order valence-electron chi connectivity index (χ1n) is 3.96. The van der Waals surface area contributed by atoms with Crippen LogP contribution in [0.25, 0.3) is 11.3 Å². The number of nitrogens with zero attached hydrogens (tertiary/aromatic N) is 3. The molecule has 0 unspecified atom stereocenters. The normalized spacial score (nSPS) is 10.3. The zero-order valence-corrected chi connectivity index (χ0v) is 7.31. The number of rotatable bonds is 1. The molecule has 2 aromatic rings. The first-order valence-corrected chi connectivity index (χ1v) is 3.96. The summed E-state index contributed by atoms with van der Waals surface area (Å²) in [5.41, 5.74) is 2.57. The summed E-state index contributed by atoms with van der Waals surface area (Å²) in [5.74, 6) is 0. The summed E-state index contributed by atoms with van der Waals surface area (Å²) >= 11 is 0. The van der Waals surface area contributed by atoms with Crippen molar-refractivity contribution in [1.82, 2.24) is 14.8 Å². The van der Waals surface area contributed by atoms with Gasteiger partial charge < -0.3 is 0 Å². The van der Waals surface area contributed by atoms with Gasteiger partial charge in [-0.05, 0) is 11.6 Å². The van der Waals surface area contributed by atoms with Crippen LogP contribution in [0, 0.1) is 6.92 Å². The second-order valence-corrected chi connectivity index (χ2v) is 2.88. The highest BCUT2D eigenvalue weighted by Gasteiger charge is 1.99. The lowest BCUT2D eigenvalue weighted by Crippen LogP contribution is -1.84. The molecule has 0 amide bonds. The molecule has 13 heavy (non-hydrogen) atoms. The Morgan fingerprint density at radius 3 is 2.69 bits per heavy atom. The first-order chi connectivity index (χ1) is 6.25. The van der Waals surface area contributed by atoms with E-state index in [9.17, 15) is 0 Å². The minimum absolute atomic E-state index is 0.674. The monoisotopic (exact) mass is 171 g/mol. The number of pyridine rings is 1. The Hall–Kier alpha value is -1.64. The Kier molecular flexibility index (Phi) is 1.85. The van der Waals surface area contributed by atoms with E-state index in [-0.39, 0.29) is 0 Å². The summed E-state index contributed by atoms with van der Waals surface area (Å²) in [7, 11) is 1.88. The molecule has 0 saturated carbocycles. The van der Waals surface area contributed by atoms with E-state index in [4.69, 9.17) is 6.92 Å². The fraction of sp³-hybridized carbons (Fsp3) is 0.100. The summed E-state index contributed by atoms with van der Waals surface area (Å²) in [4.78, 5) is 4.18. The molecule has 2 aromatic heterocycles. The molecular formula is C10H9N3. The standard InChI is InChI=1S/C10H9N3/c1-8-3-4-10(11-5-8)9-6-12-13(2)7-9/h1,3-7H,2H3. The van der Waals surface area contributed by atoms with Gasteiger partial charge in [-0.1, -0.05) is 6.07 Å². The molecular weight excluding hydrogens is 162 g/mol. The van der Waals surface area contributed by atoms with E-state index in [1.165, 1.54) is 0 Å². The van der Waals surface area contributed by atoms with Crippen molar-refractivity contribution in [2.24, 2.45) is 7.05 Å². The molecule has 0 atom stereocenters. The summed E-state index contributed by atoms with van der Waals surface area (Å²) < 4.78 is 1.74. The highest BCUT2D eigenvalue weighted by atomic mass is 15.2. The van der Waals surface area contributed by atoms with Crippen LogP contribution in [0.1, 0.15) is 5.56 Å². The maximum absolute atomic E-state index is 5.53. The summed E-state index contributed by atoms with van der Waals surface area (Å²) in [6, 6.07) is 3.71. The van der Waals surface area contributed by atoms with Crippen LogP contribution in [-0.2, 0) is 7.05 Å². The maximum atomic E-state index is 5.53. The van der Waals surface area contributed by atoms with E-state index in [0.29, 0.717) is 5.56 Å². The minimum atomic E-state index is 0.674. The van der Waals surface area contributed by atoms with Crippen LogP contribution in [0.3, 0.4) is 0 Å². The van der Waals surface area contributed by atoms with Gasteiger partial charge in [0.15, 0.2) is 0 Å². The number of aromatic nitrogens is 3. The van der Waals surface area contributed by atoms with E-state index < -0.39 is 0 Å². The molecule has 0 aliphatic heterocycles.